The SMILES string of the molecule is COc1ccc([C@H]2C(C#N)=C3NC(=O)c4c(sc5c4CCCCC5)N3C3=C2C(=O)CC(C)(C)C3)cc1. The lowest BCUT2D eigenvalue weighted by Gasteiger charge is -2.45. The second kappa shape index (κ2) is 8.35. The fraction of sp³-hybridized carbons (Fsp3) is 0.414. The van der Waals surface area contributed by atoms with Crippen LogP contribution in [0.15, 0.2) is 46.9 Å². The minimum atomic E-state index is -0.523. The number of carbonyl (C=O) groups is 2. The van der Waals surface area contributed by atoms with Gasteiger partial charge in [-0.2, -0.15) is 5.26 Å². The lowest BCUT2D eigenvalue weighted by Crippen LogP contribution is -2.47. The molecule has 1 atom stereocenters. The normalized spacial score (nSPS) is 22.6. The van der Waals surface area contributed by atoms with Gasteiger partial charge in [-0.25, -0.2) is 0 Å². The number of methoxy groups -OCH3 is 1. The number of hydrogen-bond donors (Lipinski definition) is 1. The fourth-order valence-corrected chi connectivity index (χ4v) is 7.67. The number of amides is 1. The Bertz CT molecular complexity index is 1400. The first-order chi connectivity index (χ1) is 17.3. The summed E-state index contributed by atoms with van der Waals surface area (Å²) < 4.78 is 5.33. The van der Waals surface area contributed by atoms with Crippen molar-refractivity contribution in [2.45, 2.75) is 64.7 Å². The summed E-state index contributed by atoms with van der Waals surface area (Å²) in [5.41, 5.74) is 4.55. The fourth-order valence-electron chi connectivity index (χ4n) is 6.25. The number of fused-ring (bicyclic) bond motifs is 6. The molecule has 2 aliphatic heterocycles. The van der Waals surface area contributed by atoms with Gasteiger partial charge in [-0.3, -0.25) is 14.5 Å². The summed E-state index contributed by atoms with van der Waals surface area (Å²) in [7, 11) is 1.61. The van der Waals surface area contributed by atoms with E-state index in [2.05, 4.69) is 30.1 Å². The summed E-state index contributed by atoms with van der Waals surface area (Å²) in [6, 6.07) is 9.93. The zero-order chi connectivity index (χ0) is 25.2. The molecule has 0 saturated carbocycles. The summed E-state index contributed by atoms with van der Waals surface area (Å²) in [5.74, 6) is 0.637. The lowest BCUT2D eigenvalue weighted by molar-refractivity contribution is -0.118. The van der Waals surface area contributed by atoms with Gasteiger partial charge in [0.15, 0.2) is 5.78 Å². The molecule has 1 N–H and O–H groups in total. The third-order valence-electron chi connectivity index (χ3n) is 7.86. The number of hydrogen-bond acceptors (Lipinski definition) is 6. The highest BCUT2D eigenvalue weighted by Gasteiger charge is 2.48. The van der Waals surface area contributed by atoms with Crippen LogP contribution in [0, 0.1) is 16.7 Å². The first-order valence-corrected chi connectivity index (χ1v) is 13.4. The van der Waals surface area contributed by atoms with Gasteiger partial charge in [0.2, 0.25) is 0 Å². The molecule has 1 aromatic heterocycles. The van der Waals surface area contributed by atoms with Crippen molar-refractivity contribution in [2.24, 2.45) is 5.41 Å². The number of ketones is 1. The number of thiophene rings is 1. The number of rotatable bonds is 2. The number of benzene rings is 1. The number of carbonyl (C=O) groups excluding carboxylic acids is 2. The average molecular weight is 500 g/mol. The highest BCUT2D eigenvalue weighted by molar-refractivity contribution is 7.17. The zero-order valence-electron chi connectivity index (χ0n) is 20.9. The molecule has 0 unspecified atom stereocenters. The van der Waals surface area contributed by atoms with Gasteiger partial charge in [-0.05, 0) is 60.8 Å². The number of allylic oxidation sites excluding steroid dienone is 3. The zero-order valence-corrected chi connectivity index (χ0v) is 21.7. The second-order valence-corrected chi connectivity index (χ2v) is 12.0. The van der Waals surface area contributed by atoms with Crippen molar-refractivity contribution in [3.05, 3.63) is 68.5 Å². The van der Waals surface area contributed by atoms with Gasteiger partial charge in [-0.1, -0.05) is 32.4 Å². The molecule has 184 valence electrons. The maximum absolute atomic E-state index is 13.8. The predicted octanol–water partition coefficient (Wildman–Crippen LogP) is 5.75. The van der Waals surface area contributed by atoms with E-state index in [1.807, 2.05) is 24.3 Å². The largest absolute Gasteiger partial charge is 0.497 e. The monoisotopic (exact) mass is 499 g/mol. The topological polar surface area (TPSA) is 82.4 Å². The van der Waals surface area contributed by atoms with Crippen molar-refractivity contribution in [3.63, 3.8) is 0 Å². The molecule has 0 radical (unpaired) electrons. The third kappa shape index (κ3) is 3.42. The minimum Gasteiger partial charge on any atom is -0.497 e. The Labute approximate surface area is 215 Å². The number of anilines is 1. The smallest absolute Gasteiger partial charge is 0.260 e. The molecule has 0 fully saturated rings. The Morgan fingerprint density at radius 2 is 1.86 bits per heavy atom. The van der Waals surface area contributed by atoms with E-state index in [4.69, 9.17) is 4.74 Å². The van der Waals surface area contributed by atoms with Crippen molar-refractivity contribution in [2.75, 3.05) is 12.0 Å². The Balaban J connectivity index is 1.61. The molecule has 4 aliphatic rings. The van der Waals surface area contributed by atoms with Crippen molar-refractivity contribution < 1.29 is 14.3 Å². The number of nitrogens with one attached hydrogen (secondary N) is 1. The van der Waals surface area contributed by atoms with Crippen molar-refractivity contribution >= 4 is 28.0 Å². The minimum absolute atomic E-state index is 0.0745. The molecule has 3 heterocycles. The second-order valence-electron chi connectivity index (χ2n) is 10.9. The van der Waals surface area contributed by atoms with E-state index in [0.29, 0.717) is 35.6 Å². The van der Waals surface area contributed by atoms with Gasteiger partial charge in [0.25, 0.3) is 5.91 Å². The molecule has 36 heavy (non-hydrogen) atoms. The van der Waals surface area contributed by atoms with Gasteiger partial charge in [0.05, 0.1) is 30.2 Å². The molecule has 0 bridgehead atoms. The van der Waals surface area contributed by atoms with Gasteiger partial charge in [0.1, 0.15) is 16.6 Å². The van der Waals surface area contributed by atoms with E-state index in [0.717, 1.165) is 53.1 Å². The van der Waals surface area contributed by atoms with Crippen LogP contribution in [0.25, 0.3) is 0 Å². The van der Waals surface area contributed by atoms with Crippen molar-refractivity contribution in [1.29, 1.82) is 5.26 Å². The van der Waals surface area contributed by atoms with Crippen LogP contribution in [0.4, 0.5) is 5.00 Å². The number of ether oxygens (including phenoxy) is 1. The standard InChI is InChI=1S/C29H29N3O3S/c1-29(2)13-20-25(21(33)14-29)23(16-9-11-17(35-3)12-10-16)19(15-30)26-31-27(34)24-18-7-5-4-6-8-22(18)36-28(24)32(20)26/h9-12,23H,4-8,13-14H2,1-3H3,(H,31,34)/t23-/m0/s1. The number of aryl methyl sites for hydroxylation is 1. The Hall–Kier alpha value is -3.37. The van der Waals surface area contributed by atoms with E-state index in [9.17, 15) is 14.9 Å². The van der Waals surface area contributed by atoms with Gasteiger partial charge in [-0.15, -0.1) is 11.3 Å². The molecule has 2 aromatic rings. The quantitative estimate of drug-likeness (QED) is 0.532. The van der Waals surface area contributed by atoms with Crippen LogP contribution in [0.5, 0.6) is 5.75 Å². The van der Waals surface area contributed by atoms with Gasteiger partial charge < -0.3 is 10.1 Å². The maximum Gasteiger partial charge on any atom is 0.260 e. The molecule has 0 spiro atoms. The first-order valence-electron chi connectivity index (χ1n) is 12.6. The first kappa shape index (κ1) is 23.1. The summed E-state index contributed by atoms with van der Waals surface area (Å²) in [6.45, 7) is 4.24. The highest BCUT2D eigenvalue weighted by Crippen LogP contribution is 2.54. The van der Waals surface area contributed by atoms with Crippen LogP contribution in [0.1, 0.15) is 78.2 Å². The van der Waals surface area contributed by atoms with Crippen molar-refractivity contribution in [1.82, 2.24) is 5.32 Å². The molecular weight excluding hydrogens is 470 g/mol. The maximum atomic E-state index is 13.8. The lowest BCUT2D eigenvalue weighted by atomic mass is 9.68. The van der Waals surface area contributed by atoms with Gasteiger partial charge in [0, 0.05) is 22.6 Å². The van der Waals surface area contributed by atoms with Crippen LogP contribution in [0.3, 0.4) is 0 Å². The highest BCUT2D eigenvalue weighted by atomic mass is 32.1. The van der Waals surface area contributed by atoms with Crippen LogP contribution in [0.2, 0.25) is 0 Å². The molecular formula is C29H29N3O3S. The Morgan fingerprint density at radius 1 is 1.11 bits per heavy atom. The van der Waals surface area contributed by atoms with Crippen LogP contribution in [-0.4, -0.2) is 18.8 Å². The van der Waals surface area contributed by atoms with Gasteiger partial charge >= 0.3 is 0 Å². The van der Waals surface area contributed by atoms with Crippen LogP contribution < -0.4 is 15.0 Å². The van der Waals surface area contributed by atoms with E-state index in [1.165, 1.54) is 11.3 Å². The number of nitriles is 1. The molecule has 6 rings (SSSR count). The Morgan fingerprint density at radius 3 is 2.58 bits per heavy atom. The summed E-state index contributed by atoms with van der Waals surface area (Å²) >= 11 is 1.67. The molecule has 2 aliphatic carbocycles. The molecule has 6 nitrogen and oxygen atoms in total. The number of Topliss-reactive ketones (excluding diaryl/α,β-unsaturated/α-hetero) is 1. The number of nitrogens with zero attached hydrogens (tertiary/aromatic N) is 2. The molecule has 0 saturated heterocycles. The third-order valence-corrected chi connectivity index (χ3v) is 9.13. The predicted molar refractivity (Wildman–Crippen MR) is 139 cm³/mol. The Kier molecular flexibility index (Phi) is 5.34. The molecule has 7 heteroatoms. The van der Waals surface area contributed by atoms with Crippen LogP contribution >= 0.6 is 11.3 Å². The average Bonchev–Trinajstić information content (AvgIpc) is 3.05. The van der Waals surface area contributed by atoms with Crippen molar-refractivity contribution in [3.8, 4) is 11.8 Å². The van der Waals surface area contributed by atoms with E-state index in [1.54, 1.807) is 18.4 Å². The summed E-state index contributed by atoms with van der Waals surface area (Å²) in [4.78, 5) is 30.7. The molecule has 1 amide bonds. The van der Waals surface area contributed by atoms with Crippen LogP contribution in [-0.2, 0) is 17.6 Å². The summed E-state index contributed by atoms with van der Waals surface area (Å²) in [5, 5.41) is 14.4. The van der Waals surface area contributed by atoms with E-state index < -0.39 is 5.92 Å². The van der Waals surface area contributed by atoms with E-state index >= 15 is 0 Å². The summed E-state index contributed by atoms with van der Waals surface area (Å²) in [6.07, 6.45) is 6.38. The molecule has 1 aromatic carbocycles. The van der Waals surface area contributed by atoms with E-state index in [-0.39, 0.29) is 17.1 Å².